The number of fused-ring (bicyclic) bond motifs is 1. The quantitative estimate of drug-likeness (QED) is 0.491. The van der Waals surface area contributed by atoms with Crippen molar-refractivity contribution in [2.75, 3.05) is 0 Å². The highest BCUT2D eigenvalue weighted by molar-refractivity contribution is 5.96. The smallest absolute Gasteiger partial charge is 0.308 e. The van der Waals surface area contributed by atoms with Crippen LogP contribution in [0.1, 0.15) is 52.7 Å². The first-order valence-electron chi connectivity index (χ1n) is 10.5. The fraction of sp³-hybridized carbons (Fsp3) is 0.417. The van der Waals surface area contributed by atoms with E-state index in [0.717, 1.165) is 0 Å². The van der Waals surface area contributed by atoms with Gasteiger partial charge in [0.15, 0.2) is 6.10 Å². The largest absolute Gasteiger partial charge is 0.458 e. The summed E-state index contributed by atoms with van der Waals surface area (Å²) in [7, 11) is 0. The van der Waals surface area contributed by atoms with Crippen LogP contribution in [0.25, 0.3) is 10.8 Å². The Kier molecular flexibility index (Phi) is 7.33. The first-order valence-corrected chi connectivity index (χ1v) is 10.5. The molecule has 3 rings (SSSR count). The zero-order chi connectivity index (χ0) is 24.3. The highest BCUT2D eigenvalue weighted by Crippen LogP contribution is 2.43. The van der Waals surface area contributed by atoms with E-state index in [2.05, 4.69) is 0 Å². The van der Waals surface area contributed by atoms with Gasteiger partial charge in [-0.05, 0) is 19.1 Å². The molecule has 0 spiro atoms. The van der Waals surface area contributed by atoms with Crippen molar-refractivity contribution in [2.45, 2.75) is 65.5 Å². The molecule has 1 fully saturated rings. The molecule has 2 aromatic carbocycles. The standard InChI is InChI=1S/C24H26O9/c1-12-23(32-15(4)27)22(31-14(3)26)11-21(29-12)19-10-9-17-18(24(19)33-16(5)28)7-6-8-20(17)30-13(2)25/h6-10,12,21-23H,11H2,1-5H3/t12-,21-,22-,23-/m1/s1. The molecule has 1 aliphatic rings. The lowest BCUT2D eigenvalue weighted by Gasteiger charge is -2.39. The number of rotatable bonds is 5. The van der Waals surface area contributed by atoms with Crippen LogP contribution in [0.15, 0.2) is 30.3 Å². The second kappa shape index (κ2) is 9.99. The van der Waals surface area contributed by atoms with Gasteiger partial charge >= 0.3 is 23.9 Å². The summed E-state index contributed by atoms with van der Waals surface area (Å²) >= 11 is 0. The summed E-state index contributed by atoms with van der Waals surface area (Å²) in [6.07, 6.45) is -2.60. The molecular formula is C24H26O9. The third-order valence-electron chi connectivity index (χ3n) is 5.12. The Hall–Kier alpha value is -3.46. The monoisotopic (exact) mass is 458 g/mol. The fourth-order valence-electron chi connectivity index (χ4n) is 4.00. The molecule has 4 atom stereocenters. The van der Waals surface area contributed by atoms with Crippen LogP contribution in [0.2, 0.25) is 0 Å². The SMILES string of the molecule is CC(=O)Oc1cccc2c(OC(C)=O)c([C@H]3C[C@@H](OC(C)=O)[C@H](OC(C)=O)[C@@H](C)O3)ccc12. The third kappa shape index (κ3) is 5.67. The molecular weight excluding hydrogens is 432 g/mol. The highest BCUT2D eigenvalue weighted by Gasteiger charge is 2.42. The van der Waals surface area contributed by atoms with Crippen molar-refractivity contribution in [3.8, 4) is 11.5 Å². The average molecular weight is 458 g/mol. The Morgan fingerprint density at radius 1 is 0.818 bits per heavy atom. The minimum absolute atomic E-state index is 0.172. The predicted octanol–water partition coefficient (Wildman–Crippen LogP) is 3.40. The maximum Gasteiger partial charge on any atom is 0.308 e. The van der Waals surface area contributed by atoms with Crippen LogP contribution in [0.5, 0.6) is 11.5 Å². The van der Waals surface area contributed by atoms with Crippen LogP contribution in [0.3, 0.4) is 0 Å². The van der Waals surface area contributed by atoms with E-state index in [-0.39, 0.29) is 12.2 Å². The minimum Gasteiger partial charge on any atom is -0.458 e. The van der Waals surface area contributed by atoms with Gasteiger partial charge in [-0.1, -0.05) is 18.2 Å². The summed E-state index contributed by atoms with van der Waals surface area (Å²) in [6.45, 7) is 6.83. The van der Waals surface area contributed by atoms with Gasteiger partial charge in [-0.3, -0.25) is 19.2 Å². The van der Waals surface area contributed by atoms with E-state index in [9.17, 15) is 19.2 Å². The first kappa shape index (κ1) is 24.2. The van der Waals surface area contributed by atoms with Crippen LogP contribution in [-0.4, -0.2) is 42.2 Å². The Morgan fingerprint density at radius 3 is 2.09 bits per heavy atom. The molecule has 1 aliphatic heterocycles. The number of ether oxygens (including phenoxy) is 5. The number of carbonyl (C=O) groups is 4. The predicted molar refractivity (Wildman–Crippen MR) is 116 cm³/mol. The summed E-state index contributed by atoms with van der Waals surface area (Å²) < 4.78 is 27.7. The van der Waals surface area contributed by atoms with Crippen molar-refractivity contribution in [1.82, 2.24) is 0 Å². The van der Waals surface area contributed by atoms with Crippen LogP contribution >= 0.6 is 0 Å². The lowest BCUT2D eigenvalue weighted by molar-refractivity contribution is -0.204. The van der Waals surface area contributed by atoms with E-state index in [4.69, 9.17) is 23.7 Å². The maximum atomic E-state index is 11.9. The lowest BCUT2D eigenvalue weighted by atomic mass is 9.92. The molecule has 0 saturated carbocycles. The molecule has 0 aliphatic carbocycles. The number of hydrogen-bond acceptors (Lipinski definition) is 9. The second-order valence-electron chi connectivity index (χ2n) is 7.81. The maximum absolute atomic E-state index is 11.9. The van der Waals surface area contributed by atoms with Gasteiger partial charge < -0.3 is 23.7 Å². The molecule has 1 saturated heterocycles. The van der Waals surface area contributed by atoms with Gasteiger partial charge in [-0.15, -0.1) is 0 Å². The zero-order valence-electron chi connectivity index (χ0n) is 19.1. The van der Waals surface area contributed by atoms with Crippen molar-refractivity contribution in [3.63, 3.8) is 0 Å². The van der Waals surface area contributed by atoms with E-state index in [1.165, 1.54) is 27.7 Å². The molecule has 0 bridgehead atoms. The molecule has 0 amide bonds. The normalized spacial score (nSPS) is 22.3. The molecule has 33 heavy (non-hydrogen) atoms. The first-order chi connectivity index (χ1) is 15.6. The number of esters is 4. The van der Waals surface area contributed by atoms with Gasteiger partial charge in [0.1, 0.15) is 17.6 Å². The Morgan fingerprint density at radius 2 is 1.48 bits per heavy atom. The summed E-state index contributed by atoms with van der Waals surface area (Å²) in [6, 6.07) is 8.51. The molecule has 0 aromatic heterocycles. The Labute approximate surface area is 190 Å². The van der Waals surface area contributed by atoms with E-state index in [0.29, 0.717) is 22.1 Å². The fourth-order valence-corrected chi connectivity index (χ4v) is 4.00. The van der Waals surface area contributed by atoms with Crippen molar-refractivity contribution < 1.29 is 42.9 Å². The third-order valence-corrected chi connectivity index (χ3v) is 5.12. The molecule has 0 N–H and O–H groups in total. The highest BCUT2D eigenvalue weighted by atomic mass is 16.6. The number of hydrogen-bond donors (Lipinski definition) is 0. The van der Waals surface area contributed by atoms with E-state index in [1.54, 1.807) is 37.3 Å². The number of benzene rings is 2. The second-order valence-corrected chi connectivity index (χ2v) is 7.81. The van der Waals surface area contributed by atoms with E-state index >= 15 is 0 Å². The molecule has 9 nitrogen and oxygen atoms in total. The average Bonchev–Trinajstić information content (AvgIpc) is 2.69. The van der Waals surface area contributed by atoms with Crippen LogP contribution in [0.4, 0.5) is 0 Å². The van der Waals surface area contributed by atoms with Crippen LogP contribution < -0.4 is 9.47 Å². The summed E-state index contributed by atoms with van der Waals surface area (Å²) in [5, 5.41) is 1.12. The molecule has 0 radical (unpaired) electrons. The van der Waals surface area contributed by atoms with Crippen LogP contribution in [0, 0.1) is 0 Å². The van der Waals surface area contributed by atoms with Crippen molar-refractivity contribution in [3.05, 3.63) is 35.9 Å². The molecule has 0 unspecified atom stereocenters. The molecule has 9 heteroatoms. The van der Waals surface area contributed by atoms with Gasteiger partial charge in [-0.2, -0.15) is 0 Å². The molecule has 176 valence electrons. The summed E-state index contributed by atoms with van der Waals surface area (Å²) in [5.41, 5.74) is 0.544. The zero-order valence-corrected chi connectivity index (χ0v) is 19.1. The Balaban J connectivity index is 2.07. The van der Waals surface area contributed by atoms with Gasteiger partial charge in [0, 0.05) is 50.5 Å². The lowest BCUT2D eigenvalue weighted by Crippen LogP contribution is -2.48. The van der Waals surface area contributed by atoms with Gasteiger partial charge in [0.05, 0.1) is 12.2 Å². The van der Waals surface area contributed by atoms with Crippen molar-refractivity contribution in [2.24, 2.45) is 0 Å². The summed E-state index contributed by atoms with van der Waals surface area (Å²) in [5.74, 6) is -1.49. The van der Waals surface area contributed by atoms with E-state index in [1.807, 2.05) is 0 Å². The molecule has 1 heterocycles. The molecule has 2 aromatic rings. The Bertz CT molecular complexity index is 1090. The van der Waals surface area contributed by atoms with Crippen molar-refractivity contribution >= 4 is 34.6 Å². The van der Waals surface area contributed by atoms with Gasteiger partial charge in [-0.25, -0.2) is 0 Å². The summed E-state index contributed by atoms with van der Waals surface area (Å²) in [4.78, 5) is 46.7. The van der Waals surface area contributed by atoms with E-state index < -0.39 is 48.3 Å². The van der Waals surface area contributed by atoms with Gasteiger partial charge in [0.2, 0.25) is 0 Å². The van der Waals surface area contributed by atoms with Crippen molar-refractivity contribution in [1.29, 1.82) is 0 Å². The topological polar surface area (TPSA) is 114 Å². The van der Waals surface area contributed by atoms with Crippen LogP contribution in [-0.2, 0) is 33.4 Å². The number of carbonyl (C=O) groups excluding carboxylic acids is 4. The van der Waals surface area contributed by atoms with Gasteiger partial charge in [0.25, 0.3) is 0 Å². The minimum atomic E-state index is -0.782.